The number of rotatable bonds is 2. The first-order chi connectivity index (χ1) is 4.74. The number of hydrogen-bond donors (Lipinski definition) is 4. The number of aromatic nitrogens is 1. The van der Waals surface area contributed by atoms with Crippen LogP contribution in [0.1, 0.15) is 17.7 Å². The van der Waals surface area contributed by atoms with Crippen LogP contribution in [0, 0.1) is 5.41 Å². The predicted molar refractivity (Wildman–Crippen MR) is 35.9 cm³/mol. The Bertz CT molecular complexity index is 229. The molecule has 10 heavy (non-hydrogen) atoms. The number of aliphatic hydroxyl groups is 2. The molecule has 0 saturated carbocycles. The Kier molecular flexibility index (Phi) is 1.84. The highest BCUT2D eigenvalue weighted by Gasteiger charge is 2.02. The molecule has 1 aromatic rings. The zero-order valence-corrected chi connectivity index (χ0v) is 5.20. The summed E-state index contributed by atoms with van der Waals surface area (Å²) in [5.41, 5.74) is 0.863. The normalized spacial score (nSPS) is 10.3. The zero-order chi connectivity index (χ0) is 7.56. The van der Waals surface area contributed by atoms with E-state index in [4.69, 9.17) is 15.6 Å². The van der Waals surface area contributed by atoms with Gasteiger partial charge in [-0.3, -0.25) is 0 Å². The van der Waals surface area contributed by atoms with Crippen molar-refractivity contribution in [2.24, 2.45) is 0 Å². The Morgan fingerprint density at radius 2 is 2.20 bits per heavy atom. The van der Waals surface area contributed by atoms with Crippen LogP contribution in [0.15, 0.2) is 12.1 Å². The Morgan fingerprint density at radius 1 is 1.50 bits per heavy atom. The fraction of sp³-hybridized carbons (Fsp3) is 0.167. The van der Waals surface area contributed by atoms with Crippen LogP contribution >= 0.6 is 0 Å². The van der Waals surface area contributed by atoms with Crippen molar-refractivity contribution in [3.63, 3.8) is 0 Å². The molecule has 0 aliphatic rings. The molecule has 0 unspecified atom stereocenters. The highest BCUT2D eigenvalue weighted by Crippen LogP contribution is 2.06. The molecule has 4 N–H and O–H groups in total. The van der Waals surface area contributed by atoms with Crippen molar-refractivity contribution in [3.05, 3.63) is 23.5 Å². The van der Waals surface area contributed by atoms with Gasteiger partial charge in [-0.05, 0) is 12.1 Å². The van der Waals surface area contributed by atoms with Crippen LogP contribution in [-0.4, -0.2) is 21.4 Å². The van der Waals surface area contributed by atoms with Gasteiger partial charge in [-0.25, -0.2) is 0 Å². The first-order valence-corrected chi connectivity index (χ1v) is 2.79. The van der Waals surface area contributed by atoms with E-state index in [0.29, 0.717) is 11.4 Å². The van der Waals surface area contributed by atoms with Gasteiger partial charge in [0.25, 0.3) is 0 Å². The second kappa shape index (κ2) is 2.64. The van der Waals surface area contributed by atoms with Gasteiger partial charge in [-0.15, -0.1) is 0 Å². The van der Waals surface area contributed by atoms with Crippen LogP contribution in [0.2, 0.25) is 0 Å². The molecule has 4 nitrogen and oxygen atoms in total. The Balaban J connectivity index is 2.88. The molecular weight excluding hydrogens is 132 g/mol. The fourth-order valence-electron chi connectivity index (χ4n) is 0.664. The summed E-state index contributed by atoms with van der Waals surface area (Å²) in [6.07, 6.45) is -0.375. The summed E-state index contributed by atoms with van der Waals surface area (Å²) in [4.78, 5) is 2.62. The van der Waals surface area contributed by atoms with Crippen molar-refractivity contribution < 1.29 is 10.2 Å². The standard InChI is InChI=1S/C6H8N2O2/c7-3-4-1-2-5(8-4)6(9)10/h1-3,6-10H. The predicted octanol–water partition coefficient (Wildman–Crippen LogP) is -0.00443. The van der Waals surface area contributed by atoms with E-state index in [1.165, 1.54) is 6.07 Å². The molecule has 0 aliphatic carbocycles. The third-order valence-electron chi connectivity index (χ3n) is 1.16. The Labute approximate surface area is 57.6 Å². The molecule has 0 amide bonds. The number of aliphatic hydroxyl groups excluding tert-OH is 1. The van der Waals surface area contributed by atoms with Crippen LogP contribution in [0.3, 0.4) is 0 Å². The lowest BCUT2D eigenvalue weighted by atomic mass is 10.4. The number of nitrogens with one attached hydrogen (secondary N) is 2. The number of aromatic amines is 1. The molecular formula is C6H8N2O2. The SMILES string of the molecule is N=Cc1ccc(C(O)O)[nH]1. The van der Waals surface area contributed by atoms with Crippen molar-refractivity contribution in [2.75, 3.05) is 0 Å². The lowest BCUT2D eigenvalue weighted by Gasteiger charge is -1.96. The minimum Gasteiger partial charge on any atom is -0.363 e. The van der Waals surface area contributed by atoms with Crippen molar-refractivity contribution in [1.82, 2.24) is 4.98 Å². The maximum absolute atomic E-state index is 8.58. The highest BCUT2D eigenvalue weighted by molar-refractivity contribution is 5.74. The molecule has 0 fully saturated rings. The maximum atomic E-state index is 8.58. The van der Waals surface area contributed by atoms with Crippen molar-refractivity contribution >= 4 is 6.21 Å². The van der Waals surface area contributed by atoms with Crippen LogP contribution < -0.4 is 0 Å². The second-order valence-electron chi connectivity index (χ2n) is 1.89. The minimum atomic E-state index is -1.48. The van der Waals surface area contributed by atoms with Gasteiger partial charge in [0.1, 0.15) is 0 Å². The van der Waals surface area contributed by atoms with Gasteiger partial charge in [-0.2, -0.15) is 0 Å². The molecule has 1 heterocycles. The number of hydrogen-bond acceptors (Lipinski definition) is 3. The van der Waals surface area contributed by atoms with Crippen LogP contribution in [0.5, 0.6) is 0 Å². The van der Waals surface area contributed by atoms with Gasteiger partial charge in [0.2, 0.25) is 0 Å². The van der Waals surface area contributed by atoms with Gasteiger partial charge in [0, 0.05) is 6.21 Å². The first kappa shape index (κ1) is 6.98. The van der Waals surface area contributed by atoms with Gasteiger partial charge in [0.15, 0.2) is 6.29 Å². The van der Waals surface area contributed by atoms with Gasteiger partial charge in [0.05, 0.1) is 11.4 Å². The summed E-state index contributed by atoms with van der Waals surface area (Å²) < 4.78 is 0. The molecule has 0 bridgehead atoms. The fourth-order valence-corrected chi connectivity index (χ4v) is 0.664. The van der Waals surface area contributed by atoms with E-state index in [2.05, 4.69) is 4.98 Å². The topological polar surface area (TPSA) is 80.1 Å². The summed E-state index contributed by atoms with van der Waals surface area (Å²) >= 11 is 0. The van der Waals surface area contributed by atoms with E-state index >= 15 is 0 Å². The Hall–Kier alpha value is -1.13. The molecule has 0 aromatic carbocycles. The largest absolute Gasteiger partial charge is 0.363 e. The molecule has 0 saturated heterocycles. The van der Waals surface area contributed by atoms with Gasteiger partial charge >= 0.3 is 0 Å². The van der Waals surface area contributed by atoms with Gasteiger partial charge in [-0.1, -0.05) is 0 Å². The monoisotopic (exact) mass is 140 g/mol. The van der Waals surface area contributed by atoms with Crippen LogP contribution in [-0.2, 0) is 0 Å². The van der Waals surface area contributed by atoms with Gasteiger partial charge < -0.3 is 20.6 Å². The van der Waals surface area contributed by atoms with Crippen LogP contribution in [0.4, 0.5) is 0 Å². The first-order valence-electron chi connectivity index (χ1n) is 2.79. The zero-order valence-electron chi connectivity index (χ0n) is 5.20. The lowest BCUT2D eigenvalue weighted by molar-refractivity contribution is -0.0454. The van der Waals surface area contributed by atoms with E-state index in [0.717, 1.165) is 6.21 Å². The third kappa shape index (κ3) is 1.23. The van der Waals surface area contributed by atoms with Crippen molar-refractivity contribution in [3.8, 4) is 0 Å². The highest BCUT2D eigenvalue weighted by atomic mass is 16.5. The molecule has 1 aromatic heterocycles. The smallest absolute Gasteiger partial charge is 0.193 e. The molecule has 4 heteroatoms. The summed E-state index contributed by atoms with van der Waals surface area (Å²) in [6.45, 7) is 0. The molecule has 0 aliphatic heterocycles. The molecule has 1 rings (SSSR count). The molecule has 0 atom stereocenters. The quantitative estimate of drug-likeness (QED) is 0.344. The van der Waals surface area contributed by atoms with E-state index in [1.54, 1.807) is 6.07 Å². The summed E-state index contributed by atoms with van der Waals surface area (Å²) in [5, 5.41) is 23.9. The van der Waals surface area contributed by atoms with Crippen molar-refractivity contribution in [2.45, 2.75) is 6.29 Å². The maximum Gasteiger partial charge on any atom is 0.193 e. The van der Waals surface area contributed by atoms with E-state index < -0.39 is 6.29 Å². The lowest BCUT2D eigenvalue weighted by Crippen LogP contribution is -1.94. The third-order valence-corrected chi connectivity index (χ3v) is 1.16. The average molecular weight is 140 g/mol. The summed E-state index contributed by atoms with van der Waals surface area (Å²) in [7, 11) is 0. The molecule has 0 radical (unpaired) electrons. The van der Waals surface area contributed by atoms with Crippen LogP contribution in [0.25, 0.3) is 0 Å². The second-order valence-corrected chi connectivity index (χ2v) is 1.89. The minimum absolute atomic E-state index is 0.304. The van der Waals surface area contributed by atoms with E-state index in [-0.39, 0.29) is 0 Å². The van der Waals surface area contributed by atoms with Crippen molar-refractivity contribution in [1.29, 1.82) is 5.41 Å². The van der Waals surface area contributed by atoms with E-state index in [1.807, 2.05) is 0 Å². The molecule has 0 spiro atoms. The van der Waals surface area contributed by atoms with E-state index in [9.17, 15) is 0 Å². The number of H-pyrrole nitrogens is 1. The summed E-state index contributed by atoms with van der Waals surface area (Å²) in [5.74, 6) is 0. The molecule has 54 valence electrons. The Morgan fingerprint density at radius 3 is 2.50 bits per heavy atom. The average Bonchev–Trinajstić information content (AvgIpc) is 2.34. The summed E-state index contributed by atoms with van der Waals surface area (Å²) in [6, 6.07) is 3.12.